The summed E-state index contributed by atoms with van der Waals surface area (Å²) in [6, 6.07) is 6.09. The Balaban J connectivity index is 2.05. The SMILES string of the molecule is COc1ccc(-c2csc(=NC(C)C)n2N=CC2CCCCC2)c(OC)c1. The molecule has 3 rings (SSSR count). The van der Waals surface area contributed by atoms with Crippen molar-refractivity contribution < 1.29 is 9.47 Å². The number of rotatable bonds is 6. The van der Waals surface area contributed by atoms with Gasteiger partial charge in [-0.05, 0) is 44.7 Å². The van der Waals surface area contributed by atoms with Gasteiger partial charge in [0.15, 0.2) is 0 Å². The number of ether oxygens (including phenoxy) is 2. The largest absolute Gasteiger partial charge is 0.497 e. The summed E-state index contributed by atoms with van der Waals surface area (Å²) in [5, 5.41) is 6.96. The number of benzene rings is 1. The molecule has 0 atom stereocenters. The molecule has 2 aromatic rings. The zero-order valence-electron chi connectivity index (χ0n) is 16.6. The molecule has 27 heavy (non-hydrogen) atoms. The van der Waals surface area contributed by atoms with Crippen LogP contribution >= 0.6 is 11.3 Å². The summed E-state index contributed by atoms with van der Waals surface area (Å²) in [5.41, 5.74) is 1.98. The maximum absolute atomic E-state index is 5.61. The molecule has 5 nitrogen and oxygen atoms in total. The van der Waals surface area contributed by atoms with Gasteiger partial charge in [-0.3, -0.25) is 4.99 Å². The fourth-order valence-corrected chi connectivity index (χ4v) is 4.32. The van der Waals surface area contributed by atoms with Crippen molar-refractivity contribution >= 4 is 17.6 Å². The van der Waals surface area contributed by atoms with Gasteiger partial charge in [-0.15, -0.1) is 11.3 Å². The number of hydrogen-bond donors (Lipinski definition) is 0. The third-order valence-electron chi connectivity index (χ3n) is 4.78. The minimum Gasteiger partial charge on any atom is -0.497 e. The topological polar surface area (TPSA) is 48.1 Å². The Morgan fingerprint density at radius 2 is 1.93 bits per heavy atom. The minimum absolute atomic E-state index is 0.213. The second kappa shape index (κ2) is 9.22. The van der Waals surface area contributed by atoms with Crippen LogP contribution in [0.5, 0.6) is 11.5 Å². The highest BCUT2D eigenvalue weighted by Gasteiger charge is 2.15. The minimum atomic E-state index is 0.213. The summed E-state index contributed by atoms with van der Waals surface area (Å²) in [7, 11) is 3.34. The van der Waals surface area contributed by atoms with Gasteiger partial charge in [0.1, 0.15) is 11.5 Å². The predicted molar refractivity (Wildman–Crippen MR) is 112 cm³/mol. The molecule has 0 unspecified atom stereocenters. The summed E-state index contributed by atoms with van der Waals surface area (Å²) < 4.78 is 12.9. The van der Waals surface area contributed by atoms with Crippen LogP contribution in [0.25, 0.3) is 11.3 Å². The van der Waals surface area contributed by atoms with Crippen molar-refractivity contribution in [1.82, 2.24) is 4.68 Å². The fourth-order valence-electron chi connectivity index (χ4n) is 3.36. The number of methoxy groups -OCH3 is 2. The van der Waals surface area contributed by atoms with E-state index < -0.39 is 0 Å². The van der Waals surface area contributed by atoms with E-state index in [-0.39, 0.29) is 6.04 Å². The van der Waals surface area contributed by atoms with Crippen molar-refractivity contribution in [1.29, 1.82) is 0 Å². The summed E-state index contributed by atoms with van der Waals surface area (Å²) in [6.45, 7) is 4.17. The van der Waals surface area contributed by atoms with Crippen LogP contribution in [0.4, 0.5) is 0 Å². The molecule has 1 aromatic heterocycles. The lowest BCUT2D eigenvalue weighted by atomic mass is 9.90. The smallest absolute Gasteiger partial charge is 0.206 e. The van der Waals surface area contributed by atoms with Crippen molar-refractivity contribution in [2.45, 2.75) is 52.0 Å². The monoisotopic (exact) mass is 387 g/mol. The molecule has 0 amide bonds. The van der Waals surface area contributed by atoms with E-state index in [2.05, 4.69) is 25.4 Å². The quantitative estimate of drug-likeness (QED) is 0.658. The average molecular weight is 388 g/mol. The molecule has 6 heteroatoms. The van der Waals surface area contributed by atoms with E-state index >= 15 is 0 Å². The lowest BCUT2D eigenvalue weighted by molar-refractivity contribution is 0.395. The standard InChI is InChI=1S/C21H29N3O2S/c1-15(2)23-21-24(22-13-16-8-6-5-7-9-16)19(14-27-21)18-11-10-17(25-3)12-20(18)26-4/h10-16H,5-9H2,1-4H3. The van der Waals surface area contributed by atoms with E-state index in [9.17, 15) is 0 Å². The highest BCUT2D eigenvalue weighted by atomic mass is 32.1. The van der Waals surface area contributed by atoms with Gasteiger partial charge in [0, 0.05) is 29.3 Å². The van der Waals surface area contributed by atoms with E-state index in [0.29, 0.717) is 5.92 Å². The first kappa shape index (κ1) is 19.7. The van der Waals surface area contributed by atoms with Crippen LogP contribution in [0.1, 0.15) is 46.0 Å². The highest BCUT2D eigenvalue weighted by Crippen LogP contribution is 2.33. The van der Waals surface area contributed by atoms with E-state index in [1.807, 2.05) is 22.9 Å². The van der Waals surface area contributed by atoms with Gasteiger partial charge >= 0.3 is 0 Å². The van der Waals surface area contributed by atoms with Gasteiger partial charge < -0.3 is 9.47 Å². The molecule has 0 saturated heterocycles. The number of aromatic nitrogens is 1. The van der Waals surface area contributed by atoms with Gasteiger partial charge in [0.25, 0.3) is 0 Å². The maximum atomic E-state index is 5.61. The van der Waals surface area contributed by atoms with Crippen LogP contribution in [-0.4, -0.2) is 31.2 Å². The molecule has 0 bridgehead atoms. The molecular formula is C21H29N3O2S. The molecule has 0 N–H and O–H groups in total. The van der Waals surface area contributed by atoms with Crippen molar-refractivity contribution in [2.75, 3.05) is 14.2 Å². The first-order valence-corrected chi connectivity index (χ1v) is 10.5. The van der Waals surface area contributed by atoms with Gasteiger partial charge in [0.2, 0.25) is 4.80 Å². The van der Waals surface area contributed by atoms with E-state index in [1.54, 1.807) is 25.6 Å². The van der Waals surface area contributed by atoms with Gasteiger partial charge in [0.05, 0.1) is 19.9 Å². The Morgan fingerprint density at radius 3 is 2.59 bits per heavy atom. The van der Waals surface area contributed by atoms with Gasteiger partial charge in [-0.25, -0.2) is 4.68 Å². The van der Waals surface area contributed by atoms with E-state index in [1.165, 1.54) is 32.1 Å². The summed E-state index contributed by atoms with van der Waals surface area (Å²) in [5.74, 6) is 2.10. The molecule has 1 aliphatic carbocycles. The number of nitrogens with zero attached hydrogens (tertiary/aromatic N) is 3. The van der Waals surface area contributed by atoms with Crippen LogP contribution in [0.15, 0.2) is 33.7 Å². The average Bonchev–Trinajstić information content (AvgIpc) is 3.08. The van der Waals surface area contributed by atoms with Gasteiger partial charge in [-0.2, -0.15) is 5.10 Å². The molecular weight excluding hydrogens is 358 g/mol. The Labute approximate surface area is 165 Å². The van der Waals surface area contributed by atoms with Crippen LogP contribution in [0.3, 0.4) is 0 Å². The highest BCUT2D eigenvalue weighted by molar-refractivity contribution is 7.07. The molecule has 1 aliphatic rings. The molecule has 146 valence electrons. The Bertz CT molecular complexity index is 845. The Hall–Kier alpha value is -2.08. The van der Waals surface area contributed by atoms with Crippen LogP contribution in [-0.2, 0) is 0 Å². The van der Waals surface area contributed by atoms with Crippen molar-refractivity contribution in [3.05, 3.63) is 28.4 Å². The normalized spacial score (nSPS) is 16.4. The van der Waals surface area contributed by atoms with Crippen LogP contribution in [0, 0.1) is 5.92 Å². The summed E-state index contributed by atoms with van der Waals surface area (Å²) >= 11 is 1.61. The Kier molecular flexibility index (Phi) is 6.72. The maximum Gasteiger partial charge on any atom is 0.206 e. The first-order chi connectivity index (χ1) is 13.1. The number of thiazole rings is 1. The zero-order chi connectivity index (χ0) is 19.2. The lowest BCUT2D eigenvalue weighted by Gasteiger charge is -2.17. The third-order valence-corrected chi connectivity index (χ3v) is 5.61. The molecule has 1 saturated carbocycles. The molecule has 0 aliphatic heterocycles. The van der Waals surface area contributed by atoms with Crippen molar-refractivity contribution in [3.63, 3.8) is 0 Å². The van der Waals surface area contributed by atoms with Crippen LogP contribution in [0.2, 0.25) is 0 Å². The Morgan fingerprint density at radius 1 is 1.15 bits per heavy atom. The lowest BCUT2D eigenvalue weighted by Crippen LogP contribution is -2.16. The predicted octanol–water partition coefficient (Wildman–Crippen LogP) is 4.96. The molecule has 0 spiro atoms. The van der Waals surface area contributed by atoms with Crippen LogP contribution < -0.4 is 14.3 Å². The second-order valence-electron chi connectivity index (χ2n) is 7.17. The molecule has 1 heterocycles. The third kappa shape index (κ3) is 4.80. The summed E-state index contributed by atoms with van der Waals surface area (Å²) in [6.07, 6.45) is 8.52. The van der Waals surface area contributed by atoms with E-state index in [0.717, 1.165) is 27.6 Å². The molecule has 1 aromatic carbocycles. The fraction of sp³-hybridized carbons (Fsp3) is 0.524. The molecule has 0 radical (unpaired) electrons. The summed E-state index contributed by atoms with van der Waals surface area (Å²) in [4.78, 5) is 5.67. The van der Waals surface area contributed by atoms with Crippen molar-refractivity contribution in [2.24, 2.45) is 16.0 Å². The number of hydrogen-bond acceptors (Lipinski definition) is 5. The molecule has 1 fully saturated rings. The zero-order valence-corrected chi connectivity index (χ0v) is 17.5. The van der Waals surface area contributed by atoms with E-state index in [4.69, 9.17) is 19.6 Å². The first-order valence-electron chi connectivity index (χ1n) is 9.63. The van der Waals surface area contributed by atoms with Crippen molar-refractivity contribution in [3.8, 4) is 22.8 Å². The van der Waals surface area contributed by atoms with Gasteiger partial charge in [-0.1, -0.05) is 19.3 Å². The second-order valence-corrected chi connectivity index (χ2v) is 8.00.